The zero-order chi connectivity index (χ0) is 17.4. The van der Waals surface area contributed by atoms with Gasteiger partial charge in [-0.05, 0) is 42.9 Å². The molecule has 0 aromatic heterocycles. The van der Waals surface area contributed by atoms with Gasteiger partial charge in [0.2, 0.25) is 0 Å². The van der Waals surface area contributed by atoms with Crippen LogP contribution in [-0.4, -0.2) is 24.3 Å². The second kappa shape index (κ2) is 6.04. The van der Waals surface area contributed by atoms with Gasteiger partial charge in [-0.1, -0.05) is 13.8 Å². The van der Waals surface area contributed by atoms with E-state index in [1.807, 2.05) is 0 Å². The number of nitriles is 1. The van der Waals surface area contributed by atoms with Gasteiger partial charge in [-0.25, -0.2) is 0 Å². The van der Waals surface area contributed by atoms with Crippen molar-refractivity contribution >= 4 is 5.69 Å². The summed E-state index contributed by atoms with van der Waals surface area (Å²) < 4.78 is 39.4. The fourth-order valence-electron chi connectivity index (χ4n) is 3.35. The number of benzene rings is 1. The van der Waals surface area contributed by atoms with Crippen molar-refractivity contribution in [3.63, 3.8) is 0 Å². The Morgan fingerprint density at radius 2 is 2.00 bits per heavy atom. The summed E-state index contributed by atoms with van der Waals surface area (Å²) in [5.41, 5.74) is -1.00. The Labute approximate surface area is 134 Å². The molecule has 23 heavy (non-hydrogen) atoms. The standard InChI is InChI=1S/C17H21F3N2O/c1-16(2)7-6-13(23)9-15(16)22(3)12-5-4-11(10-21)14(8-12)17(18,19)20/h4-5,8,13,15,23H,6-7,9H2,1-3H3. The van der Waals surface area contributed by atoms with Gasteiger partial charge < -0.3 is 10.0 Å². The van der Waals surface area contributed by atoms with E-state index in [9.17, 15) is 18.3 Å². The van der Waals surface area contributed by atoms with E-state index >= 15 is 0 Å². The van der Waals surface area contributed by atoms with Crippen molar-refractivity contribution in [1.82, 2.24) is 0 Å². The maximum atomic E-state index is 13.1. The predicted molar refractivity (Wildman–Crippen MR) is 82.0 cm³/mol. The number of nitrogens with zero attached hydrogens (tertiary/aromatic N) is 2. The lowest BCUT2D eigenvalue weighted by Gasteiger charge is -2.46. The monoisotopic (exact) mass is 326 g/mol. The van der Waals surface area contributed by atoms with E-state index in [0.29, 0.717) is 18.5 Å². The van der Waals surface area contributed by atoms with Gasteiger partial charge >= 0.3 is 6.18 Å². The number of alkyl halides is 3. The summed E-state index contributed by atoms with van der Waals surface area (Å²) in [6.07, 6.45) is -2.96. The Morgan fingerprint density at radius 1 is 1.35 bits per heavy atom. The molecule has 1 aromatic rings. The van der Waals surface area contributed by atoms with E-state index in [2.05, 4.69) is 13.8 Å². The molecule has 3 nitrogen and oxygen atoms in total. The molecule has 0 bridgehead atoms. The smallest absolute Gasteiger partial charge is 0.393 e. The lowest BCUT2D eigenvalue weighted by molar-refractivity contribution is -0.137. The molecule has 0 radical (unpaired) electrons. The van der Waals surface area contributed by atoms with Crippen molar-refractivity contribution in [2.24, 2.45) is 5.41 Å². The highest BCUT2D eigenvalue weighted by Crippen LogP contribution is 2.41. The third kappa shape index (κ3) is 3.61. The normalized spacial score (nSPS) is 24.1. The minimum Gasteiger partial charge on any atom is -0.393 e. The quantitative estimate of drug-likeness (QED) is 0.895. The third-order valence-electron chi connectivity index (χ3n) is 4.82. The summed E-state index contributed by atoms with van der Waals surface area (Å²) >= 11 is 0. The Hall–Kier alpha value is -1.74. The highest BCUT2D eigenvalue weighted by atomic mass is 19.4. The SMILES string of the molecule is CN(c1ccc(C#N)c(C(F)(F)F)c1)C1CC(O)CCC1(C)C. The fourth-order valence-corrected chi connectivity index (χ4v) is 3.35. The van der Waals surface area contributed by atoms with Crippen LogP contribution in [0.15, 0.2) is 18.2 Å². The molecule has 0 spiro atoms. The van der Waals surface area contributed by atoms with E-state index in [4.69, 9.17) is 5.26 Å². The summed E-state index contributed by atoms with van der Waals surface area (Å²) in [4.78, 5) is 1.79. The number of aliphatic hydroxyl groups excluding tert-OH is 1. The Kier molecular flexibility index (Phi) is 4.63. The molecule has 1 aliphatic rings. The lowest BCUT2D eigenvalue weighted by Crippen LogP contribution is -2.48. The van der Waals surface area contributed by atoms with Gasteiger partial charge in [0, 0.05) is 18.8 Å². The highest BCUT2D eigenvalue weighted by Gasteiger charge is 2.39. The first-order chi connectivity index (χ1) is 10.6. The van der Waals surface area contributed by atoms with Crippen LogP contribution in [0, 0.1) is 16.7 Å². The zero-order valence-corrected chi connectivity index (χ0v) is 13.5. The van der Waals surface area contributed by atoms with Crippen LogP contribution in [-0.2, 0) is 6.18 Å². The van der Waals surface area contributed by atoms with Gasteiger partial charge in [0.05, 0.1) is 23.3 Å². The lowest BCUT2D eigenvalue weighted by atomic mass is 9.71. The molecule has 1 N–H and O–H groups in total. The van der Waals surface area contributed by atoms with Gasteiger partial charge in [0.15, 0.2) is 0 Å². The number of anilines is 1. The minimum atomic E-state index is -4.57. The second-order valence-electron chi connectivity index (χ2n) is 6.88. The van der Waals surface area contributed by atoms with Gasteiger partial charge in [0.1, 0.15) is 0 Å². The highest BCUT2D eigenvalue weighted by molar-refractivity contribution is 5.55. The molecule has 2 unspecified atom stereocenters. The number of halogens is 3. The van der Waals surface area contributed by atoms with Crippen molar-refractivity contribution < 1.29 is 18.3 Å². The number of hydrogen-bond donors (Lipinski definition) is 1. The minimum absolute atomic E-state index is 0.0692. The van der Waals surface area contributed by atoms with Crippen LogP contribution in [0.4, 0.5) is 18.9 Å². The first-order valence-corrected chi connectivity index (χ1v) is 7.58. The van der Waals surface area contributed by atoms with E-state index in [0.717, 1.165) is 12.5 Å². The number of hydrogen-bond acceptors (Lipinski definition) is 3. The molecule has 1 aromatic carbocycles. The summed E-state index contributed by atoms with van der Waals surface area (Å²) in [5, 5.41) is 18.8. The average molecular weight is 326 g/mol. The topological polar surface area (TPSA) is 47.3 Å². The maximum absolute atomic E-state index is 13.1. The van der Waals surface area contributed by atoms with Crippen molar-refractivity contribution in [2.75, 3.05) is 11.9 Å². The van der Waals surface area contributed by atoms with Crippen LogP contribution < -0.4 is 4.90 Å². The first kappa shape index (κ1) is 17.6. The van der Waals surface area contributed by atoms with E-state index in [-0.39, 0.29) is 17.0 Å². The van der Waals surface area contributed by atoms with E-state index in [1.165, 1.54) is 12.1 Å². The molecule has 6 heteroatoms. The average Bonchev–Trinajstić information content (AvgIpc) is 2.47. The molecule has 1 aliphatic carbocycles. The summed E-state index contributed by atoms with van der Waals surface area (Å²) in [6.45, 7) is 4.13. The fraction of sp³-hybridized carbons (Fsp3) is 0.588. The van der Waals surface area contributed by atoms with Crippen molar-refractivity contribution in [3.8, 4) is 6.07 Å². The van der Waals surface area contributed by atoms with Crippen molar-refractivity contribution in [3.05, 3.63) is 29.3 Å². The summed E-state index contributed by atoms with van der Waals surface area (Å²) in [5.74, 6) is 0. The summed E-state index contributed by atoms with van der Waals surface area (Å²) in [6, 6.07) is 5.29. The van der Waals surface area contributed by atoms with Crippen molar-refractivity contribution in [1.29, 1.82) is 5.26 Å². The van der Waals surface area contributed by atoms with Gasteiger partial charge in [-0.15, -0.1) is 0 Å². The van der Waals surface area contributed by atoms with Crippen LogP contribution in [0.5, 0.6) is 0 Å². The van der Waals surface area contributed by atoms with Crippen LogP contribution in [0.3, 0.4) is 0 Å². The van der Waals surface area contributed by atoms with Crippen LogP contribution in [0.2, 0.25) is 0 Å². The van der Waals surface area contributed by atoms with Crippen LogP contribution in [0.1, 0.15) is 44.2 Å². The molecule has 0 aliphatic heterocycles. The molecule has 2 rings (SSSR count). The number of aliphatic hydroxyl groups is 1. The maximum Gasteiger partial charge on any atom is 0.417 e. The zero-order valence-electron chi connectivity index (χ0n) is 13.5. The van der Waals surface area contributed by atoms with E-state index < -0.39 is 17.8 Å². The Bertz CT molecular complexity index is 619. The molecular weight excluding hydrogens is 305 g/mol. The Balaban J connectivity index is 2.40. The molecule has 2 atom stereocenters. The number of rotatable bonds is 2. The van der Waals surface area contributed by atoms with Gasteiger partial charge in [0.25, 0.3) is 0 Å². The third-order valence-corrected chi connectivity index (χ3v) is 4.82. The molecular formula is C17H21F3N2O. The Morgan fingerprint density at radius 3 is 2.57 bits per heavy atom. The van der Waals surface area contributed by atoms with Gasteiger partial charge in [-0.3, -0.25) is 0 Å². The largest absolute Gasteiger partial charge is 0.417 e. The summed E-state index contributed by atoms with van der Waals surface area (Å²) in [7, 11) is 1.74. The molecule has 0 heterocycles. The molecule has 0 saturated heterocycles. The molecule has 0 amide bonds. The molecule has 126 valence electrons. The predicted octanol–water partition coefficient (Wildman–Crippen LogP) is 3.95. The van der Waals surface area contributed by atoms with E-state index in [1.54, 1.807) is 18.0 Å². The molecule has 1 saturated carbocycles. The molecule has 1 fully saturated rings. The first-order valence-electron chi connectivity index (χ1n) is 7.58. The van der Waals surface area contributed by atoms with Crippen LogP contribution in [0.25, 0.3) is 0 Å². The van der Waals surface area contributed by atoms with Crippen molar-refractivity contribution in [2.45, 2.75) is 51.4 Å². The van der Waals surface area contributed by atoms with Crippen LogP contribution >= 0.6 is 0 Å². The van der Waals surface area contributed by atoms with Gasteiger partial charge in [-0.2, -0.15) is 18.4 Å². The second-order valence-corrected chi connectivity index (χ2v) is 6.88.